The monoisotopic (exact) mass is 519 g/mol. The van der Waals surface area contributed by atoms with Crippen LogP contribution in [0.3, 0.4) is 0 Å². The maximum Gasteiger partial charge on any atom is 0.270 e. The number of benzene rings is 2. The number of fused-ring (bicyclic) bond motifs is 1. The van der Waals surface area contributed by atoms with Crippen molar-refractivity contribution in [2.24, 2.45) is 13.0 Å². The molecule has 2 heterocycles. The van der Waals surface area contributed by atoms with Crippen LogP contribution in [-0.4, -0.2) is 27.0 Å². The predicted octanol–water partition coefficient (Wildman–Crippen LogP) is 6.19. The van der Waals surface area contributed by atoms with Gasteiger partial charge in [0, 0.05) is 42.1 Å². The van der Waals surface area contributed by atoms with Crippen LogP contribution in [0.25, 0.3) is 11.0 Å². The summed E-state index contributed by atoms with van der Waals surface area (Å²) in [5.74, 6) is 2.35. The second-order valence-electron chi connectivity index (χ2n) is 8.62. The summed E-state index contributed by atoms with van der Waals surface area (Å²) in [4.78, 5) is 21.5. The molecule has 4 aromatic rings. The Hall–Kier alpha value is -3.39. The summed E-state index contributed by atoms with van der Waals surface area (Å²) in [6, 6.07) is 17.1. The number of aromatic nitrogens is 3. The molecule has 0 bridgehead atoms. The van der Waals surface area contributed by atoms with Crippen molar-refractivity contribution in [1.29, 1.82) is 0 Å². The first-order valence-corrected chi connectivity index (χ1v) is 12.3. The lowest BCUT2D eigenvalue weighted by molar-refractivity contribution is 0.0942. The summed E-state index contributed by atoms with van der Waals surface area (Å²) in [6.07, 6.45) is 6.48. The van der Waals surface area contributed by atoms with Crippen molar-refractivity contribution in [1.82, 2.24) is 19.9 Å². The molecular formula is C26H26BrN5O2. The second-order valence-corrected chi connectivity index (χ2v) is 9.53. The number of nitrogens with one attached hydrogen (secondary N) is 2. The van der Waals surface area contributed by atoms with Crippen LogP contribution in [0.15, 0.2) is 65.3 Å². The average Bonchev–Trinajstić information content (AvgIpc) is 3.47. The van der Waals surface area contributed by atoms with Gasteiger partial charge in [-0.3, -0.25) is 9.78 Å². The number of nitrogens with zero attached hydrogens (tertiary/aromatic N) is 3. The molecule has 1 saturated carbocycles. The maximum atomic E-state index is 12.5. The quantitative estimate of drug-likeness (QED) is 0.304. The molecule has 1 amide bonds. The van der Waals surface area contributed by atoms with Crippen molar-refractivity contribution in [3.05, 3.63) is 71.0 Å². The molecule has 5 rings (SSSR count). The van der Waals surface area contributed by atoms with E-state index in [-0.39, 0.29) is 5.91 Å². The highest BCUT2D eigenvalue weighted by atomic mass is 79.9. The molecule has 2 N–H and O–H groups in total. The van der Waals surface area contributed by atoms with Gasteiger partial charge >= 0.3 is 0 Å². The summed E-state index contributed by atoms with van der Waals surface area (Å²) in [6.45, 7) is 0.707. The van der Waals surface area contributed by atoms with Crippen molar-refractivity contribution in [3.63, 3.8) is 0 Å². The number of amides is 1. The Labute approximate surface area is 206 Å². The third-order valence-electron chi connectivity index (χ3n) is 6.18. The fraction of sp³-hybridized carbons (Fsp3) is 0.269. The number of ether oxygens (including phenoxy) is 1. The van der Waals surface area contributed by atoms with Crippen LogP contribution in [0.5, 0.6) is 11.5 Å². The molecule has 34 heavy (non-hydrogen) atoms. The van der Waals surface area contributed by atoms with Crippen molar-refractivity contribution in [3.8, 4) is 11.5 Å². The fourth-order valence-electron chi connectivity index (χ4n) is 4.29. The SMILES string of the molecule is Cn1c(Nc2ccc(Br)cc2)nc2cc(Oc3ccnc(C(=O)NCC4CCCC4)c3)ccc21. The van der Waals surface area contributed by atoms with Gasteiger partial charge in [-0.1, -0.05) is 28.8 Å². The van der Waals surface area contributed by atoms with E-state index in [0.29, 0.717) is 29.7 Å². The van der Waals surface area contributed by atoms with E-state index in [2.05, 4.69) is 31.5 Å². The lowest BCUT2D eigenvalue weighted by Gasteiger charge is -2.11. The van der Waals surface area contributed by atoms with Gasteiger partial charge < -0.3 is 19.9 Å². The first kappa shape index (κ1) is 22.4. The number of carbonyl (C=O) groups is 1. The van der Waals surface area contributed by atoms with Crippen LogP contribution >= 0.6 is 15.9 Å². The fourth-order valence-corrected chi connectivity index (χ4v) is 4.56. The van der Waals surface area contributed by atoms with E-state index in [1.165, 1.54) is 25.7 Å². The molecule has 0 radical (unpaired) electrons. The molecule has 7 nitrogen and oxygen atoms in total. The van der Waals surface area contributed by atoms with E-state index in [0.717, 1.165) is 27.1 Å². The van der Waals surface area contributed by atoms with Gasteiger partial charge in [0.05, 0.1) is 11.0 Å². The molecule has 0 atom stereocenters. The van der Waals surface area contributed by atoms with E-state index < -0.39 is 0 Å². The number of anilines is 2. The Balaban J connectivity index is 1.29. The standard InChI is InChI=1S/C26H26BrN5O2/c1-32-24-11-10-20(14-22(24)31-26(32)30-19-8-6-18(27)7-9-19)34-21-12-13-28-23(15-21)25(33)29-16-17-4-2-3-5-17/h6-15,17H,2-5,16H2,1H3,(H,29,33)(H,30,31). The average molecular weight is 520 g/mol. The zero-order valence-corrected chi connectivity index (χ0v) is 20.5. The van der Waals surface area contributed by atoms with Crippen LogP contribution in [0, 0.1) is 5.92 Å². The molecule has 8 heteroatoms. The number of imidazole rings is 1. The van der Waals surface area contributed by atoms with Crippen molar-refractivity contribution >= 4 is 44.5 Å². The van der Waals surface area contributed by atoms with E-state index >= 15 is 0 Å². The number of halogens is 1. The third-order valence-corrected chi connectivity index (χ3v) is 6.71. The zero-order valence-electron chi connectivity index (χ0n) is 18.9. The van der Waals surface area contributed by atoms with Gasteiger partial charge in [0.25, 0.3) is 5.91 Å². The number of pyridine rings is 1. The molecule has 0 aliphatic heterocycles. The van der Waals surface area contributed by atoms with Crippen LogP contribution < -0.4 is 15.4 Å². The van der Waals surface area contributed by atoms with Gasteiger partial charge in [-0.25, -0.2) is 4.98 Å². The van der Waals surface area contributed by atoms with E-state index in [1.807, 2.05) is 54.1 Å². The van der Waals surface area contributed by atoms with Gasteiger partial charge in [0.15, 0.2) is 0 Å². The molecule has 1 aliphatic rings. The molecule has 1 fully saturated rings. The van der Waals surface area contributed by atoms with E-state index in [9.17, 15) is 4.79 Å². The van der Waals surface area contributed by atoms with Crippen molar-refractivity contribution < 1.29 is 9.53 Å². The smallest absolute Gasteiger partial charge is 0.270 e. The number of carbonyl (C=O) groups excluding carboxylic acids is 1. The van der Waals surface area contributed by atoms with Crippen LogP contribution in [-0.2, 0) is 7.05 Å². The van der Waals surface area contributed by atoms with Crippen molar-refractivity contribution in [2.45, 2.75) is 25.7 Å². The summed E-state index contributed by atoms with van der Waals surface area (Å²) in [5, 5.41) is 6.36. The minimum atomic E-state index is -0.166. The Morgan fingerprint density at radius 3 is 2.65 bits per heavy atom. The summed E-state index contributed by atoms with van der Waals surface area (Å²) < 4.78 is 9.06. The lowest BCUT2D eigenvalue weighted by Crippen LogP contribution is -2.28. The minimum absolute atomic E-state index is 0.166. The number of hydrogen-bond acceptors (Lipinski definition) is 5. The Kier molecular flexibility index (Phi) is 6.49. The zero-order chi connectivity index (χ0) is 23.5. The molecule has 174 valence electrons. The minimum Gasteiger partial charge on any atom is -0.457 e. The largest absolute Gasteiger partial charge is 0.457 e. The number of rotatable bonds is 7. The molecule has 1 aliphatic carbocycles. The molecule has 2 aromatic carbocycles. The number of aryl methyl sites for hydroxylation is 1. The van der Waals surface area contributed by atoms with Gasteiger partial charge in [0.1, 0.15) is 17.2 Å². The topological polar surface area (TPSA) is 81.1 Å². The number of hydrogen-bond donors (Lipinski definition) is 2. The highest BCUT2D eigenvalue weighted by Gasteiger charge is 2.17. The predicted molar refractivity (Wildman–Crippen MR) is 137 cm³/mol. The van der Waals surface area contributed by atoms with Crippen molar-refractivity contribution in [2.75, 3.05) is 11.9 Å². The lowest BCUT2D eigenvalue weighted by atomic mass is 10.1. The molecule has 2 aromatic heterocycles. The summed E-state index contributed by atoms with van der Waals surface area (Å²) >= 11 is 3.45. The molecule has 0 saturated heterocycles. The normalized spacial score (nSPS) is 13.8. The highest BCUT2D eigenvalue weighted by Crippen LogP contribution is 2.29. The van der Waals surface area contributed by atoms with Crippen LogP contribution in [0.4, 0.5) is 11.6 Å². The van der Waals surface area contributed by atoms with Gasteiger partial charge in [-0.15, -0.1) is 0 Å². The van der Waals surface area contributed by atoms with Gasteiger partial charge in [-0.2, -0.15) is 0 Å². The first-order valence-electron chi connectivity index (χ1n) is 11.5. The van der Waals surface area contributed by atoms with Crippen LogP contribution in [0.1, 0.15) is 36.2 Å². The van der Waals surface area contributed by atoms with Crippen LogP contribution in [0.2, 0.25) is 0 Å². The molecule has 0 spiro atoms. The molecular weight excluding hydrogens is 494 g/mol. The van der Waals surface area contributed by atoms with E-state index in [4.69, 9.17) is 9.72 Å². The maximum absolute atomic E-state index is 12.5. The Morgan fingerprint density at radius 1 is 1.09 bits per heavy atom. The first-order chi connectivity index (χ1) is 16.5. The second kappa shape index (κ2) is 9.85. The van der Waals surface area contributed by atoms with Gasteiger partial charge in [0.2, 0.25) is 5.95 Å². The Bertz CT molecular complexity index is 1310. The van der Waals surface area contributed by atoms with E-state index in [1.54, 1.807) is 18.3 Å². The van der Waals surface area contributed by atoms with Gasteiger partial charge in [-0.05, 0) is 61.2 Å². The highest BCUT2D eigenvalue weighted by molar-refractivity contribution is 9.10. The summed E-state index contributed by atoms with van der Waals surface area (Å²) in [7, 11) is 1.97. The third kappa shape index (κ3) is 5.07. The Morgan fingerprint density at radius 2 is 1.85 bits per heavy atom. The summed E-state index contributed by atoms with van der Waals surface area (Å²) in [5.41, 5.74) is 3.10. The molecule has 0 unspecified atom stereocenters.